The molecule has 3 aromatic heterocycles. The Bertz CT molecular complexity index is 1250. The van der Waals surface area contributed by atoms with Crippen LogP contribution in [0.15, 0.2) is 66.9 Å². The second-order valence-corrected chi connectivity index (χ2v) is 9.45. The van der Waals surface area contributed by atoms with E-state index in [0.29, 0.717) is 5.69 Å². The van der Waals surface area contributed by atoms with Crippen LogP contribution in [0.4, 0.5) is 8.78 Å². The summed E-state index contributed by atoms with van der Waals surface area (Å²) in [4.78, 5) is 8.13. The second-order valence-electron chi connectivity index (χ2n) is 9.45. The third-order valence-electron chi connectivity index (χ3n) is 5.67. The normalized spacial score (nSPS) is 12.2. The van der Waals surface area contributed by atoms with E-state index in [-0.39, 0.29) is 11.0 Å². The summed E-state index contributed by atoms with van der Waals surface area (Å²) in [7, 11) is 0. The van der Waals surface area contributed by atoms with Crippen LogP contribution in [0.25, 0.3) is 16.9 Å². The molecule has 0 spiro atoms. The monoisotopic (exact) mass is 432 g/mol. The summed E-state index contributed by atoms with van der Waals surface area (Å²) in [5, 5.41) is 4.79. The van der Waals surface area contributed by atoms with Crippen molar-refractivity contribution in [1.82, 2.24) is 19.7 Å². The van der Waals surface area contributed by atoms with Gasteiger partial charge in [0.2, 0.25) is 11.9 Å². The first kappa shape index (κ1) is 21.8. The van der Waals surface area contributed by atoms with E-state index >= 15 is 0 Å². The first-order valence-corrected chi connectivity index (χ1v) is 10.5. The number of hydrogen-bond acceptors (Lipinski definition) is 3. The van der Waals surface area contributed by atoms with E-state index in [1.807, 2.05) is 73.3 Å². The van der Waals surface area contributed by atoms with Crippen molar-refractivity contribution in [1.29, 1.82) is 0 Å². The molecular weight excluding hydrogens is 406 g/mol. The van der Waals surface area contributed by atoms with Gasteiger partial charge in [0.05, 0.1) is 33.7 Å². The molecule has 0 saturated carbocycles. The topological polar surface area (TPSA) is 43.6 Å². The molecule has 0 atom stereocenters. The number of pyridine rings is 2. The van der Waals surface area contributed by atoms with Gasteiger partial charge in [0.1, 0.15) is 0 Å². The summed E-state index contributed by atoms with van der Waals surface area (Å²) in [5.41, 5.74) is 3.39. The third-order valence-corrected chi connectivity index (χ3v) is 5.67. The molecule has 3 heterocycles. The minimum Gasteiger partial charge on any atom is -0.252 e. The Morgan fingerprint density at radius 1 is 0.781 bits per heavy atom. The fourth-order valence-electron chi connectivity index (χ4n) is 3.54. The zero-order chi connectivity index (χ0) is 23.1. The van der Waals surface area contributed by atoms with Crippen molar-refractivity contribution in [2.75, 3.05) is 0 Å². The van der Waals surface area contributed by atoms with Crippen LogP contribution in [0.2, 0.25) is 0 Å². The van der Waals surface area contributed by atoms with Gasteiger partial charge >= 0.3 is 0 Å². The number of para-hydroxylation sites is 1. The van der Waals surface area contributed by atoms with Crippen LogP contribution in [0.5, 0.6) is 0 Å². The average molecular weight is 433 g/mol. The summed E-state index contributed by atoms with van der Waals surface area (Å²) in [6.07, 6.45) is 1.92. The van der Waals surface area contributed by atoms with E-state index in [9.17, 15) is 8.78 Å². The van der Waals surface area contributed by atoms with E-state index in [1.54, 1.807) is 0 Å². The standard InChI is InChI=1S/C26H26F2N4/c1-25(2,3)17-15-20(19-11-12-23(27)30-24(19)28)29-22(16-17)26(4,5)21-13-14-32(31-21)18-9-7-6-8-10-18/h6-16H,1-5H3. The molecule has 0 amide bonds. The van der Waals surface area contributed by atoms with Crippen molar-refractivity contribution < 1.29 is 8.78 Å². The zero-order valence-corrected chi connectivity index (χ0v) is 18.9. The zero-order valence-electron chi connectivity index (χ0n) is 18.9. The second kappa shape index (κ2) is 7.93. The minimum absolute atomic E-state index is 0.171. The number of aromatic nitrogens is 4. The highest BCUT2D eigenvalue weighted by Crippen LogP contribution is 2.35. The maximum atomic E-state index is 14.5. The van der Waals surface area contributed by atoms with Gasteiger partial charge in [0.25, 0.3) is 0 Å². The van der Waals surface area contributed by atoms with E-state index in [4.69, 9.17) is 10.1 Å². The van der Waals surface area contributed by atoms with E-state index in [0.717, 1.165) is 28.7 Å². The van der Waals surface area contributed by atoms with E-state index in [2.05, 4.69) is 25.8 Å². The van der Waals surface area contributed by atoms with Crippen molar-refractivity contribution in [2.45, 2.75) is 45.4 Å². The van der Waals surface area contributed by atoms with Crippen LogP contribution in [-0.4, -0.2) is 19.7 Å². The van der Waals surface area contributed by atoms with Crippen molar-refractivity contribution in [3.8, 4) is 16.9 Å². The molecule has 32 heavy (non-hydrogen) atoms. The van der Waals surface area contributed by atoms with Gasteiger partial charge in [-0.05, 0) is 67.3 Å². The molecule has 0 aliphatic heterocycles. The molecule has 4 rings (SSSR count). The van der Waals surface area contributed by atoms with Gasteiger partial charge in [-0.15, -0.1) is 0 Å². The molecule has 0 fully saturated rings. The molecule has 0 saturated heterocycles. The van der Waals surface area contributed by atoms with Gasteiger partial charge in [-0.25, -0.2) is 4.68 Å². The predicted octanol–water partition coefficient (Wildman–Crippen LogP) is 6.23. The molecule has 0 N–H and O–H groups in total. The number of rotatable bonds is 4. The lowest BCUT2D eigenvalue weighted by molar-refractivity contribution is 0.514. The van der Waals surface area contributed by atoms with Crippen molar-refractivity contribution in [2.24, 2.45) is 0 Å². The molecule has 4 nitrogen and oxygen atoms in total. The fourth-order valence-corrected chi connectivity index (χ4v) is 3.54. The molecule has 0 bridgehead atoms. The molecule has 0 aliphatic rings. The molecular formula is C26H26F2N4. The highest BCUT2D eigenvalue weighted by Gasteiger charge is 2.30. The lowest BCUT2D eigenvalue weighted by Gasteiger charge is -2.27. The van der Waals surface area contributed by atoms with Crippen LogP contribution < -0.4 is 0 Å². The number of hydrogen-bond donors (Lipinski definition) is 0. The Hall–Kier alpha value is -3.41. The largest absolute Gasteiger partial charge is 0.252 e. The Balaban J connectivity index is 1.84. The first-order chi connectivity index (χ1) is 15.1. The summed E-state index contributed by atoms with van der Waals surface area (Å²) < 4.78 is 29.7. The molecule has 1 aromatic carbocycles. The number of benzene rings is 1. The van der Waals surface area contributed by atoms with Gasteiger partial charge in [-0.1, -0.05) is 39.0 Å². The SMILES string of the molecule is CC(C)(C)c1cc(-c2ccc(F)nc2F)nc(C(C)(C)c2ccn(-c3ccccc3)n2)c1. The van der Waals surface area contributed by atoms with Crippen LogP contribution >= 0.6 is 0 Å². The van der Waals surface area contributed by atoms with Gasteiger partial charge in [-0.2, -0.15) is 18.9 Å². The Morgan fingerprint density at radius 2 is 1.50 bits per heavy atom. The summed E-state index contributed by atoms with van der Waals surface area (Å²) in [5.74, 6) is -1.73. The van der Waals surface area contributed by atoms with Crippen molar-refractivity contribution in [3.63, 3.8) is 0 Å². The van der Waals surface area contributed by atoms with Crippen molar-refractivity contribution >= 4 is 0 Å². The third kappa shape index (κ3) is 4.17. The molecule has 0 aliphatic carbocycles. The summed E-state index contributed by atoms with van der Waals surface area (Å²) in [6, 6.07) is 18.3. The summed E-state index contributed by atoms with van der Waals surface area (Å²) >= 11 is 0. The Kier molecular flexibility index (Phi) is 5.41. The Morgan fingerprint density at radius 3 is 2.16 bits per heavy atom. The van der Waals surface area contributed by atoms with Crippen LogP contribution in [-0.2, 0) is 10.8 Å². The molecule has 164 valence electrons. The highest BCUT2D eigenvalue weighted by atomic mass is 19.1. The maximum Gasteiger partial charge on any atom is 0.224 e. The quantitative estimate of drug-likeness (QED) is 0.359. The van der Waals surface area contributed by atoms with E-state index < -0.39 is 17.3 Å². The number of halogens is 2. The van der Waals surface area contributed by atoms with Crippen LogP contribution in [0.3, 0.4) is 0 Å². The fraction of sp³-hybridized carbons (Fsp3) is 0.269. The number of nitrogens with zero attached hydrogens (tertiary/aromatic N) is 4. The van der Waals surface area contributed by atoms with Gasteiger partial charge in [-0.3, -0.25) is 4.98 Å². The lowest BCUT2D eigenvalue weighted by Crippen LogP contribution is -2.24. The first-order valence-electron chi connectivity index (χ1n) is 10.5. The average Bonchev–Trinajstić information content (AvgIpc) is 3.25. The Labute approximate surface area is 187 Å². The smallest absolute Gasteiger partial charge is 0.224 e. The molecule has 4 aromatic rings. The van der Waals surface area contributed by atoms with Gasteiger partial charge in [0.15, 0.2) is 0 Å². The van der Waals surface area contributed by atoms with Crippen LogP contribution in [0, 0.1) is 11.9 Å². The van der Waals surface area contributed by atoms with E-state index in [1.165, 1.54) is 6.07 Å². The maximum absolute atomic E-state index is 14.5. The van der Waals surface area contributed by atoms with Crippen LogP contribution in [0.1, 0.15) is 51.6 Å². The molecule has 6 heteroatoms. The van der Waals surface area contributed by atoms with Gasteiger partial charge in [0, 0.05) is 6.20 Å². The predicted molar refractivity (Wildman–Crippen MR) is 122 cm³/mol. The lowest BCUT2D eigenvalue weighted by atomic mass is 9.80. The highest BCUT2D eigenvalue weighted by molar-refractivity contribution is 5.61. The van der Waals surface area contributed by atoms with Gasteiger partial charge < -0.3 is 0 Å². The van der Waals surface area contributed by atoms with Crippen molar-refractivity contribution in [3.05, 3.63) is 95.7 Å². The molecule has 0 radical (unpaired) electrons. The summed E-state index contributed by atoms with van der Waals surface area (Å²) in [6.45, 7) is 10.4. The minimum atomic E-state index is -0.874. The molecule has 0 unspecified atom stereocenters.